The largest absolute Gasteiger partial charge is 0.507 e. The Morgan fingerprint density at radius 2 is 1.70 bits per heavy atom. The van der Waals surface area contributed by atoms with Crippen molar-refractivity contribution >= 4 is 27.5 Å². The standard InChI is InChI=1S/C27H22O3/c1-15-5-4-8-21-22(15)26(24-19-11-10-18(14-19)23(24)25(21)28)30-27(29)20-12-9-16-6-2-3-7-17(16)13-20/h2-9,12-13,18-19,28H,10-11,14H2,1H3. The van der Waals surface area contributed by atoms with E-state index in [4.69, 9.17) is 4.74 Å². The number of aryl methyl sites for hydroxylation is 1. The van der Waals surface area contributed by atoms with Crippen molar-refractivity contribution in [1.82, 2.24) is 0 Å². The zero-order valence-electron chi connectivity index (χ0n) is 16.8. The fourth-order valence-corrected chi connectivity index (χ4v) is 5.59. The lowest BCUT2D eigenvalue weighted by atomic mass is 9.86. The first-order chi connectivity index (χ1) is 14.6. The molecule has 0 saturated heterocycles. The Labute approximate surface area is 174 Å². The third kappa shape index (κ3) is 2.41. The van der Waals surface area contributed by atoms with Crippen LogP contribution in [-0.2, 0) is 0 Å². The number of phenolic OH excluding ortho intramolecular Hbond substituents is 1. The summed E-state index contributed by atoms with van der Waals surface area (Å²) in [6.07, 6.45) is 3.23. The van der Waals surface area contributed by atoms with Gasteiger partial charge >= 0.3 is 5.97 Å². The molecular formula is C27H22O3. The van der Waals surface area contributed by atoms with E-state index in [1.54, 1.807) is 0 Å². The Kier molecular flexibility index (Phi) is 3.70. The smallest absolute Gasteiger partial charge is 0.343 e. The van der Waals surface area contributed by atoms with Crippen LogP contribution in [-0.4, -0.2) is 11.1 Å². The number of aromatic hydroxyl groups is 1. The lowest BCUT2D eigenvalue weighted by Gasteiger charge is -2.23. The van der Waals surface area contributed by atoms with Gasteiger partial charge in [-0.1, -0.05) is 48.5 Å². The predicted molar refractivity (Wildman–Crippen MR) is 119 cm³/mol. The number of phenols is 1. The first kappa shape index (κ1) is 17.5. The van der Waals surface area contributed by atoms with E-state index in [1.165, 1.54) is 0 Å². The fraction of sp³-hybridized carbons (Fsp3) is 0.222. The van der Waals surface area contributed by atoms with Crippen LogP contribution in [0.15, 0.2) is 60.7 Å². The summed E-state index contributed by atoms with van der Waals surface area (Å²) in [5.41, 5.74) is 3.61. The lowest BCUT2D eigenvalue weighted by Crippen LogP contribution is -2.12. The van der Waals surface area contributed by atoms with E-state index in [2.05, 4.69) is 0 Å². The molecule has 3 heteroatoms. The van der Waals surface area contributed by atoms with Gasteiger partial charge < -0.3 is 9.84 Å². The molecule has 2 aliphatic rings. The molecule has 0 spiro atoms. The van der Waals surface area contributed by atoms with E-state index in [0.29, 0.717) is 28.9 Å². The van der Waals surface area contributed by atoms with Gasteiger partial charge in [-0.2, -0.15) is 0 Å². The molecule has 1 saturated carbocycles. The number of carbonyl (C=O) groups is 1. The van der Waals surface area contributed by atoms with Crippen LogP contribution >= 0.6 is 0 Å². The van der Waals surface area contributed by atoms with Crippen LogP contribution in [0.4, 0.5) is 0 Å². The normalized spacial score (nSPS) is 19.4. The minimum absolute atomic E-state index is 0.346. The van der Waals surface area contributed by atoms with Gasteiger partial charge in [0, 0.05) is 21.9 Å². The molecule has 3 nitrogen and oxygen atoms in total. The quantitative estimate of drug-likeness (QED) is 0.308. The molecule has 0 amide bonds. The maximum Gasteiger partial charge on any atom is 0.343 e. The van der Waals surface area contributed by atoms with Crippen LogP contribution in [0.3, 0.4) is 0 Å². The van der Waals surface area contributed by atoms with Crippen LogP contribution in [0.25, 0.3) is 21.5 Å². The van der Waals surface area contributed by atoms with Crippen molar-refractivity contribution in [1.29, 1.82) is 0 Å². The second kappa shape index (κ2) is 6.33. The van der Waals surface area contributed by atoms with E-state index >= 15 is 0 Å². The first-order valence-corrected chi connectivity index (χ1v) is 10.6. The fourth-order valence-electron chi connectivity index (χ4n) is 5.59. The Morgan fingerprint density at radius 1 is 0.933 bits per heavy atom. The van der Waals surface area contributed by atoms with Crippen molar-refractivity contribution < 1.29 is 14.6 Å². The van der Waals surface area contributed by atoms with Crippen LogP contribution in [0.5, 0.6) is 11.5 Å². The monoisotopic (exact) mass is 394 g/mol. The van der Waals surface area contributed by atoms with E-state index < -0.39 is 0 Å². The summed E-state index contributed by atoms with van der Waals surface area (Å²) in [6, 6.07) is 19.6. The molecule has 30 heavy (non-hydrogen) atoms. The molecular weight excluding hydrogens is 372 g/mol. The third-order valence-electron chi connectivity index (χ3n) is 6.97. The maximum absolute atomic E-state index is 13.2. The van der Waals surface area contributed by atoms with Gasteiger partial charge in [-0.05, 0) is 66.5 Å². The average Bonchev–Trinajstić information content (AvgIpc) is 3.38. The molecule has 2 aliphatic carbocycles. The molecule has 2 bridgehead atoms. The zero-order valence-corrected chi connectivity index (χ0v) is 16.8. The van der Waals surface area contributed by atoms with Crippen molar-refractivity contribution in [3.63, 3.8) is 0 Å². The van der Waals surface area contributed by atoms with E-state index in [9.17, 15) is 9.90 Å². The van der Waals surface area contributed by atoms with E-state index in [0.717, 1.165) is 57.5 Å². The van der Waals surface area contributed by atoms with Gasteiger partial charge in [0.15, 0.2) is 0 Å². The van der Waals surface area contributed by atoms with E-state index in [-0.39, 0.29) is 5.97 Å². The minimum atomic E-state index is -0.346. The number of esters is 1. The van der Waals surface area contributed by atoms with Gasteiger partial charge in [-0.25, -0.2) is 4.79 Å². The summed E-state index contributed by atoms with van der Waals surface area (Å²) in [5, 5.41) is 14.8. The van der Waals surface area contributed by atoms with Crippen molar-refractivity contribution in [2.45, 2.75) is 38.0 Å². The molecule has 1 fully saturated rings. The number of carbonyl (C=O) groups excluding carboxylic acids is 1. The lowest BCUT2D eigenvalue weighted by molar-refractivity contribution is 0.0735. The van der Waals surface area contributed by atoms with Gasteiger partial charge in [0.2, 0.25) is 0 Å². The van der Waals surface area contributed by atoms with Crippen molar-refractivity contribution in [2.24, 2.45) is 0 Å². The highest BCUT2D eigenvalue weighted by Crippen LogP contribution is 2.61. The number of ether oxygens (including phenoxy) is 1. The molecule has 0 radical (unpaired) electrons. The summed E-state index contributed by atoms with van der Waals surface area (Å²) in [4.78, 5) is 13.2. The molecule has 4 aromatic rings. The number of fused-ring (bicyclic) bond motifs is 7. The van der Waals surface area contributed by atoms with Crippen molar-refractivity contribution in [2.75, 3.05) is 0 Å². The first-order valence-electron chi connectivity index (χ1n) is 10.6. The zero-order chi connectivity index (χ0) is 20.4. The number of hydrogen-bond donors (Lipinski definition) is 1. The molecule has 1 N–H and O–H groups in total. The average molecular weight is 394 g/mol. The van der Waals surface area contributed by atoms with Crippen LogP contribution < -0.4 is 4.74 Å². The highest BCUT2D eigenvalue weighted by Gasteiger charge is 2.42. The highest BCUT2D eigenvalue weighted by molar-refractivity contribution is 6.03. The third-order valence-corrected chi connectivity index (χ3v) is 6.97. The molecule has 0 heterocycles. The molecule has 2 atom stereocenters. The Balaban J connectivity index is 1.53. The maximum atomic E-state index is 13.2. The van der Waals surface area contributed by atoms with Gasteiger partial charge in [0.25, 0.3) is 0 Å². The summed E-state index contributed by atoms with van der Waals surface area (Å²) >= 11 is 0. The van der Waals surface area contributed by atoms with Crippen LogP contribution in [0.1, 0.15) is 58.1 Å². The number of benzene rings is 4. The molecule has 6 rings (SSSR count). The van der Waals surface area contributed by atoms with Crippen molar-refractivity contribution in [3.05, 3.63) is 82.9 Å². The summed E-state index contributed by atoms with van der Waals surface area (Å²) in [5.74, 6) is 1.41. The van der Waals surface area contributed by atoms with Crippen LogP contribution in [0.2, 0.25) is 0 Å². The van der Waals surface area contributed by atoms with Gasteiger partial charge in [-0.3, -0.25) is 0 Å². The van der Waals surface area contributed by atoms with Gasteiger partial charge in [0.05, 0.1) is 5.56 Å². The predicted octanol–water partition coefficient (Wildman–Crippen LogP) is 6.59. The summed E-state index contributed by atoms with van der Waals surface area (Å²) < 4.78 is 6.14. The molecule has 4 aromatic carbocycles. The summed E-state index contributed by atoms with van der Waals surface area (Å²) in [7, 11) is 0. The van der Waals surface area contributed by atoms with E-state index in [1.807, 2.05) is 67.6 Å². The second-order valence-corrected chi connectivity index (χ2v) is 8.66. The SMILES string of the molecule is Cc1cccc2c(O)c3c(c(OC(=O)c4ccc5ccccc5c4)c12)C1CCC3C1. The second-order valence-electron chi connectivity index (χ2n) is 8.66. The minimum Gasteiger partial charge on any atom is -0.507 e. The Morgan fingerprint density at radius 3 is 2.53 bits per heavy atom. The molecule has 0 aromatic heterocycles. The Hall–Kier alpha value is -3.33. The Bertz CT molecular complexity index is 1350. The molecule has 148 valence electrons. The molecule has 0 aliphatic heterocycles. The van der Waals surface area contributed by atoms with Gasteiger partial charge in [-0.15, -0.1) is 0 Å². The van der Waals surface area contributed by atoms with Crippen LogP contribution in [0, 0.1) is 6.92 Å². The number of rotatable bonds is 2. The number of hydrogen-bond acceptors (Lipinski definition) is 3. The van der Waals surface area contributed by atoms with Crippen molar-refractivity contribution in [3.8, 4) is 11.5 Å². The summed E-state index contributed by atoms with van der Waals surface area (Å²) in [6.45, 7) is 2.01. The van der Waals surface area contributed by atoms with Gasteiger partial charge in [0.1, 0.15) is 11.5 Å². The molecule has 2 unspecified atom stereocenters. The topological polar surface area (TPSA) is 46.5 Å². The highest BCUT2D eigenvalue weighted by atomic mass is 16.5.